The smallest absolute Gasteiger partial charge is 0.300 e. The summed E-state index contributed by atoms with van der Waals surface area (Å²) in [6.07, 6.45) is 1.36. The second kappa shape index (κ2) is 7.68. The highest BCUT2D eigenvalue weighted by atomic mass is 19.2. The summed E-state index contributed by atoms with van der Waals surface area (Å²) in [5, 5.41) is 7.42. The average molecular weight is 266 g/mol. The fraction of sp³-hybridized carbons (Fsp3) is 0.417. The Kier molecular flexibility index (Phi) is 7.00. The number of hydrogen-bond acceptors (Lipinski definition) is 1. The van der Waals surface area contributed by atoms with E-state index in [-0.39, 0.29) is 12.0 Å². The summed E-state index contributed by atoms with van der Waals surface area (Å²) in [6, 6.07) is 0.378. The van der Waals surface area contributed by atoms with Gasteiger partial charge >= 0.3 is 0 Å². The molecule has 0 saturated heterocycles. The lowest BCUT2D eigenvalue weighted by molar-refractivity contribution is -0.134. The van der Waals surface area contributed by atoms with Crippen LogP contribution in [0.25, 0.3) is 0 Å². The zero-order valence-corrected chi connectivity index (χ0v) is 10.1. The molecule has 1 N–H and O–H groups in total. The number of carbonyl (C=O) groups is 1. The Morgan fingerprint density at radius 2 is 1.67 bits per heavy atom. The molecule has 2 nitrogen and oxygen atoms in total. The van der Waals surface area contributed by atoms with Crippen molar-refractivity contribution in [2.45, 2.75) is 33.1 Å². The predicted molar refractivity (Wildman–Crippen MR) is 58.2 cm³/mol. The molecular weight excluding hydrogens is 252 g/mol. The largest absolute Gasteiger partial charge is 0.481 e. The van der Waals surface area contributed by atoms with Crippen LogP contribution < -0.4 is 0 Å². The molecule has 102 valence electrons. The lowest BCUT2D eigenvalue weighted by atomic mass is 10.1. The van der Waals surface area contributed by atoms with Crippen molar-refractivity contribution in [2.24, 2.45) is 0 Å². The molecule has 18 heavy (non-hydrogen) atoms. The van der Waals surface area contributed by atoms with Gasteiger partial charge in [0.25, 0.3) is 5.97 Å². The summed E-state index contributed by atoms with van der Waals surface area (Å²) in [6.45, 7) is 2.93. The first kappa shape index (κ1) is 16.4. The SMILES string of the molecule is CC(=O)O.CCCCc1c(F)cc(F)c(F)c1F. The van der Waals surface area contributed by atoms with Crippen molar-refractivity contribution >= 4 is 5.97 Å². The Morgan fingerprint density at radius 1 is 1.17 bits per heavy atom. The maximum absolute atomic E-state index is 13.0. The zero-order valence-electron chi connectivity index (χ0n) is 10.1. The number of carboxylic acid groups (broad SMARTS) is 1. The van der Waals surface area contributed by atoms with Gasteiger partial charge in [0, 0.05) is 18.6 Å². The summed E-state index contributed by atoms with van der Waals surface area (Å²) >= 11 is 0. The number of aliphatic carboxylic acids is 1. The second-order valence-corrected chi connectivity index (χ2v) is 3.57. The maximum Gasteiger partial charge on any atom is 0.300 e. The molecule has 6 heteroatoms. The van der Waals surface area contributed by atoms with Gasteiger partial charge in [-0.15, -0.1) is 0 Å². The van der Waals surface area contributed by atoms with Crippen LogP contribution in [0, 0.1) is 23.3 Å². The standard InChI is InChI=1S/C10H10F4.C2H4O2/c1-2-3-4-6-7(11)5-8(12)10(14)9(6)13;1-2(3)4/h5H,2-4H2,1H3;1H3,(H,3,4). The molecule has 0 radical (unpaired) electrons. The van der Waals surface area contributed by atoms with Gasteiger partial charge in [0.2, 0.25) is 0 Å². The van der Waals surface area contributed by atoms with Crippen LogP contribution in [0.15, 0.2) is 6.07 Å². The van der Waals surface area contributed by atoms with Crippen molar-refractivity contribution in [1.29, 1.82) is 0 Å². The van der Waals surface area contributed by atoms with Gasteiger partial charge in [0.05, 0.1) is 0 Å². The van der Waals surface area contributed by atoms with Gasteiger partial charge in [-0.25, -0.2) is 17.6 Å². The van der Waals surface area contributed by atoms with Crippen molar-refractivity contribution < 1.29 is 27.5 Å². The maximum atomic E-state index is 13.0. The number of halogens is 4. The number of benzene rings is 1. The van der Waals surface area contributed by atoms with E-state index in [0.29, 0.717) is 12.5 Å². The first-order chi connectivity index (χ1) is 8.31. The summed E-state index contributed by atoms with van der Waals surface area (Å²) in [4.78, 5) is 9.00. The average Bonchev–Trinajstić information content (AvgIpc) is 2.25. The fourth-order valence-corrected chi connectivity index (χ4v) is 1.19. The number of rotatable bonds is 3. The molecule has 1 aromatic carbocycles. The zero-order chi connectivity index (χ0) is 14.3. The van der Waals surface area contributed by atoms with Crippen molar-refractivity contribution in [1.82, 2.24) is 0 Å². The summed E-state index contributed by atoms with van der Waals surface area (Å²) in [5.74, 6) is -6.34. The van der Waals surface area contributed by atoms with E-state index in [1.54, 1.807) is 0 Å². The molecule has 0 aliphatic rings. The summed E-state index contributed by atoms with van der Waals surface area (Å²) in [7, 11) is 0. The van der Waals surface area contributed by atoms with Gasteiger partial charge in [-0.2, -0.15) is 0 Å². The number of hydrogen-bond donors (Lipinski definition) is 1. The third-order valence-corrected chi connectivity index (χ3v) is 1.99. The quantitative estimate of drug-likeness (QED) is 0.515. The summed E-state index contributed by atoms with van der Waals surface area (Å²) < 4.78 is 51.1. The van der Waals surface area contributed by atoms with Gasteiger partial charge < -0.3 is 5.11 Å². The third-order valence-electron chi connectivity index (χ3n) is 1.99. The Balaban J connectivity index is 0.000000631. The van der Waals surface area contributed by atoms with E-state index in [1.165, 1.54) is 0 Å². The first-order valence-corrected chi connectivity index (χ1v) is 5.32. The van der Waals surface area contributed by atoms with Gasteiger partial charge in [0.15, 0.2) is 17.5 Å². The Morgan fingerprint density at radius 3 is 2.11 bits per heavy atom. The molecule has 1 rings (SSSR count). The van der Waals surface area contributed by atoms with Crippen LogP contribution in [0.2, 0.25) is 0 Å². The van der Waals surface area contributed by atoms with Gasteiger partial charge in [-0.05, 0) is 12.8 Å². The Labute approximate surface area is 102 Å². The highest BCUT2D eigenvalue weighted by Crippen LogP contribution is 2.20. The van der Waals surface area contributed by atoms with E-state index >= 15 is 0 Å². The molecule has 0 spiro atoms. The van der Waals surface area contributed by atoms with E-state index in [1.807, 2.05) is 6.92 Å². The number of carboxylic acids is 1. The molecule has 1 aromatic rings. The van der Waals surface area contributed by atoms with Crippen LogP contribution in [0.5, 0.6) is 0 Å². The topological polar surface area (TPSA) is 37.3 Å². The second-order valence-electron chi connectivity index (χ2n) is 3.57. The van der Waals surface area contributed by atoms with E-state index in [2.05, 4.69) is 0 Å². The van der Waals surface area contributed by atoms with Crippen LogP contribution in [0.3, 0.4) is 0 Å². The lowest BCUT2D eigenvalue weighted by Crippen LogP contribution is -2.02. The minimum absolute atomic E-state index is 0.0887. The Hall–Kier alpha value is -1.59. The van der Waals surface area contributed by atoms with Crippen LogP contribution in [0.4, 0.5) is 17.6 Å². The molecule has 0 amide bonds. The lowest BCUT2D eigenvalue weighted by Gasteiger charge is -2.05. The van der Waals surface area contributed by atoms with Gasteiger partial charge in [-0.1, -0.05) is 13.3 Å². The monoisotopic (exact) mass is 266 g/mol. The minimum atomic E-state index is -1.60. The molecule has 0 bridgehead atoms. The Bertz CT molecular complexity index is 415. The predicted octanol–water partition coefficient (Wildman–Crippen LogP) is 3.68. The van der Waals surface area contributed by atoms with Gasteiger partial charge in [0.1, 0.15) is 5.82 Å². The van der Waals surface area contributed by atoms with Crippen LogP contribution in [-0.4, -0.2) is 11.1 Å². The minimum Gasteiger partial charge on any atom is -0.481 e. The molecule has 0 saturated carbocycles. The molecule has 0 fully saturated rings. The van der Waals surface area contributed by atoms with Crippen molar-refractivity contribution in [2.75, 3.05) is 0 Å². The fourth-order valence-electron chi connectivity index (χ4n) is 1.19. The highest BCUT2D eigenvalue weighted by Gasteiger charge is 2.17. The van der Waals surface area contributed by atoms with Gasteiger partial charge in [-0.3, -0.25) is 4.79 Å². The third kappa shape index (κ3) is 5.16. The van der Waals surface area contributed by atoms with E-state index in [4.69, 9.17) is 9.90 Å². The van der Waals surface area contributed by atoms with E-state index in [9.17, 15) is 17.6 Å². The van der Waals surface area contributed by atoms with E-state index < -0.39 is 29.2 Å². The molecule has 0 unspecified atom stereocenters. The molecule has 0 heterocycles. The van der Waals surface area contributed by atoms with Crippen LogP contribution >= 0.6 is 0 Å². The van der Waals surface area contributed by atoms with Crippen LogP contribution in [0.1, 0.15) is 32.3 Å². The molecule has 0 aromatic heterocycles. The first-order valence-electron chi connectivity index (χ1n) is 5.32. The molecule has 0 aliphatic heterocycles. The van der Waals surface area contributed by atoms with Crippen molar-refractivity contribution in [3.63, 3.8) is 0 Å². The van der Waals surface area contributed by atoms with E-state index in [0.717, 1.165) is 13.3 Å². The normalized spacial score (nSPS) is 9.67. The summed E-state index contributed by atoms with van der Waals surface area (Å²) in [5.41, 5.74) is -0.370. The highest BCUT2D eigenvalue weighted by molar-refractivity contribution is 5.62. The van der Waals surface area contributed by atoms with Crippen molar-refractivity contribution in [3.8, 4) is 0 Å². The van der Waals surface area contributed by atoms with Crippen LogP contribution in [-0.2, 0) is 11.2 Å². The molecule has 0 atom stereocenters. The molecule has 0 aliphatic carbocycles. The number of unbranched alkanes of at least 4 members (excludes halogenated alkanes) is 1. The molecular formula is C12H14F4O2. The van der Waals surface area contributed by atoms with Crippen molar-refractivity contribution in [3.05, 3.63) is 34.9 Å².